The van der Waals surface area contributed by atoms with Gasteiger partial charge in [-0.05, 0) is 38.5 Å². The van der Waals surface area contributed by atoms with Gasteiger partial charge in [-0.25, -0.2) is 0 Å². The Bertz CT molecular complexity index is 494. The summed E-state index contributed by atoms with van der Waals surface area (Å²) in [7, 11) is 0. The van der Waals surface area contributed by atoms with Crippen molar-refractivity contribution in [2.75, 3.05) is 12.3 Å². The quantitative estimate of drug-likeness (QED) is 0.901. The Kier molecular flexibility index (Phi) is 3.68. The van der Waals surface area contributed by atoms with E-state index in [2.05, 4.69) is 5.10 Å². The molecule has 1 aromatic heterocycles. The van der Waals surface area contributed by atoms with Crippen LogP contribution in [-0.4, -0.2) is 33.2 Å². The van der Waals surface area contributed by atoms with Gasteiger partial charge in [0.05, 0.1) is 5.69 Å². The van der Waals surface area contributed by atoms with Crippen molar-refractivity contribution in [1.29, 1.82) is 0 Å². The predicted molar refractivity (Wildman–Crippen MR) is 78.3 cm³/mol. The molecule has 3 rings (SSSR count). The third-order valence-corrected chi connectivity index (χ3v) is 4.82. The number of fused-ring (bicyclic) bond motifs is 1. The molecule has 2 unspecified atom stereocenters. The lowest BCUT2D eigenvalue weighted by Crippen LogP contribution is -2.49. The zero-order valence-electron chi connectivity index (χ0n) is 12.2. The molecule has 2 heterocycles. The Morgan fingerprint density at radius 3 is 2.85 bits per heavy atom. The highest BCUT2D eigenvalue weighted by atomic mass is 16.2. The molecule has 2 aliphatic rings. The second-order valence-electron chi connectivity index (χ2n) is 6.04. The van der Waals surface area contributed by atoms with Crippen molar-refractivity contribution < 1.29 is 4.79 Å². The molecule has 1 aliphatic heterocycles. The number of nitrogens with two attached hydrogens (primary N) is 1. The molecular weight excluding hydrogens is 252 g/mol. The first-order valence-electron chi connectivity index (χ1n) is 7.84. The Hall–Kier alpha value is -1.52. The molecule has 1 saturated carbocycles. The number of piperidine rings is 1. The minimum absolute atomic E-state index is 0.0336. The van der Waals surface area contributed by atoms with Gasteiger partial charge in [-0.15, -0.1) is 0 Å². The number of amides is 1. The topological polar surface area (TPSA) is 64.2 Å². The van der Waals surface area contributed by atoms with Gasteiger partial charge in [-0.1, -0.05) is 12.8 Å². The minimum Gasteiger partial charge on any atom is -0.396 e. The first-order valence-corrected chi connectivity index (χ1v) is 7.84. The van der Waals surface area contributed by atoms with E-state index in [1.165, 1.54) is 25.7 Å². The maximum atomic E-state index is 12.8. The van der Waals surface area contributed by atoms with Crippen LogP contribution >= 0.6 is 0 Å². The van der Waals surface area contributed by atoms with Crippen molar-refractivity contribution in [1.82, 2.24) is 14.7 Å². The van der Waals surface area contributed by atoms with E-state index < -0.39 is 0 Å². The fourth-order valence-corrected chi connectivity index (χ4v) is 3.78. The summed E-state index contributed by atoms with van der Waals surface area (Å²) in [5, 5.41) is 4.34. The van der Waals surface area contributed by atoms with Crippen molar-refractivity contribution in [3.63, 3.8) is 0 Å². The smallest absolute Gasteiger partial charge is 0.276 e. The highest BCUT2D eigenvalue weighted by molar-refractivity contribution is 5.97. The van der Waals surface area contributed by atoms with Crippen LogP contribution < -0.4 is 5.73 Å². The van der Waals surface area contributed by atoms with Crippen LogP contribution in [0.5, 0.6) is 0 Å². The Morgan fingerprint density at radius 1 is 1.35 bits per heavy atom. The van der Waals surface area contributed by atoms with E-state index in [0.29, 0.717) is 23.3 Å². The molecule has 0 spiro atoms. The highest BCUT2D eigenvalue weighted by Gasteiger charge is 2.37. The third-order valence-electron chi connectivity index (χ3n) is 4.82. The van der Waals surface area contributed by atoms with E-state index in [9.17, 15) is 4.79 Å². The minimum atomic E-state index is 0.0336. The zero-order chi connectivity index (χ0) is 14.1. The van der Waals surface area contributed by atoms with Gasteiger partial charge < -0.3 is 10.6 Å². The van der Waals surface area contributed by atoms with Crippen LogP contribution in [0.15, 0.2) is 6.20 Å². The van der Waals surface area contributed by atoms with Crippen LogP contribution in [0.4, 0.5) is 5.69 Å². The maximum Gasteiger partial charge on any atom is 0.276 e. The molecule has 0 radical (unpaired) electrons. The van der Waals surface area contributed by atoms with Crippen LogP contribution in [0.2, 0.25) is 0 Å². The van der Waals surface area contributed by atoms with Crippen molar-refractivity contribution in [2.24, 2.45) is 5.92 Å². The summed E-state index contributed by atoms with van der Waals surface area (Å²) in [6.07, 6.45) is 9.11. The number of hydrogen-bond acceptors (Lipinski definition) is 3. The molecule has 0 aromatic carbocycles. The van der Waals surface area contributed by atoms with Gasteiger partial charge in [0.15, 0.2) is 5.69 Å². The molecule has 5 nitrogen and oxygen atoms in total. The maximum absolute atomic E-state index is 12.8. The van der Waals surface area contributed by atoms with Crippen LogP contribution in [0.1, 0.15) is 55.9 Å². The second kappa shape index (κ2) is 5.46. The number of anilines is 1. The van der Waals surface area contributed by atoms with Gasteiger partial charge in [0.1, 0.15) is 0 Å². The molecule has 0 bridgehead atoms. The largest absolute Gasteiger partial charge is 0.396 e. The molecule has 2 atom stereocenters. The lowest BCUT2D eigenvalue weighted by Gasteiger charge is -2.43. The van der Waals surface area contributed by atoms with Crippen molar-refractivity contribution in [2.45, 2.75) is 58.0 Å². The molecule has 5 heteroatoms. The van der Waals surface area contributed by atoms with E-state index in [1.54, 1.807) is 10.9 Å². The third kappa shape index (κ3) is 2.30. The number of hydrogen-bond donors (Lipinski definition) is 1. The van der Waals surface area contributed by atoms with Gasteiger partial charge in [-0.2, -0.15) is 5.10 Å². The van der Waals surface area contributed by atoms with Gasteiger partial charge >= 0.3 is 0 Å². The van der Waals surface area contributed by atoms with E-state index in [-0.39, 0.29) is 5.91 Å². The fourth-order valence-electron chi connectivity index (χ4n) is 3.78. The number of carbonyl (C=O) groups is 1. The van der Waals surface area contributed by atoms with Crippen LogP contribution in [-0.2, 0) is 6.54 Å². The van der Waals surface area contributed by atoms with Gasteiger partial charge in [0.2, 0.25) is 0 Å². The van der Waals surface area contributed by atoms with Gasteiger partial charge in [-0.3, -0.25) is 9.48 Å². The number of aromatic nitrogens is 2. The molecule has 20 heavy (non-hydrogen) atoms. The molecule has 1 aliphatic carbocycles. The second-order valence-corrected chi connectivity index (χ2v) is 6.04. The molecule has 1 amide bonds. The average Bonchev–Trinajstić information content (AvgIpc) is 2.87. The fraction of sp³-hybridized carbons (Fsp3) is 0.733. The van der Waals surface area contributed by atoms with E-state index in [0.717, 1.165) is 25.9 Å². The van der Waals surface area contributed by atoms with Crippen molar-refractivity contribution >= 4 is 11.6 Å². The molecule has 110 valence electrons. The van der Waals surface area contributed by atoms with E-state index in [1.807, 2.05) is 11.8 Å². The first-order chi connectivity index (χ1) is 9.70. The molecule has 1 saturated heterocycles. The number of likely N-dealkylation sites (tertiary alicyclic amines) is 1. The Morgan fingerprint density at radius 2 is 2.10 bits per heavy atom. The monoisotopic (exact) mass is 276 g/mol. The number of aryl methyl sites for hydroxylation is 1. The summed E-state index contributed by atoms with van der Waals surface area (Å²) in [6.45, 7) is 3.60. The van der Waals surface area contributed by atoms with Crippen LogP contribution in [0.3, 0.4) is 0 Å². The van der Waals surface area contributed by atoms with Gasteiger partial charge in [0.25, 0.3) is 5.91 Å². The summed E-state index contributed by atoms with van der Waals surface area (Å²) >= 11 is 0. The number of rotatable bonds is 2. The Balaban J connectivity index is 1.83. The molecule has 1 aromatic rings. The number of nitrogens with zero attached hydrogens (tertiary/aromatic N) is 3. The number of carbonyl (C=O) groups excluding carboxylic acids is 1. The lowest BCUT2D eigenvalue weighted by atomic mass is 9.78. The molecule has 2 fully saturated rings. The normalized spacial score (nSPS) is 26.4. The van der Waals surface area contributed by atoms with Crippen molar-refractivity contribution in [3.8, 4) is 0 Å². The molecule has 2 N–H and O–H groups in total. The summed E-state index contributed by atoms with van der Waals surface area (Å²) in [6, 6.07) is 0.413. The van der Waals surface area contributed by atoms with Crippen molar-refractivity contribution in [3.05, 3.63) is 11.9 Å². The Labute approximate surface area is 120 Å². The van der Waals surface area contributed by atoms with Gasteiger partial charge in [0, 0.05) is 25.3 Å². The predicted octanol–water partition coefficient (Wildman–Crippen LogP) is 2.28. The zero-order valence-corrected chi connectivity index (χ0v) is 12.2. The lowest BCUT2D eigenvalue weighted by molar-refractivity contribution is 0.0385. The summed E-state index contributed by atoms with van der Waals surface area (Å²) in [5.41, 5.74) is 6.91. The number of nitrogen functional groups attached to an aromatic ring is 1. The summed E-state index contributed by atoms with van der Waals surface area (Å²) in [5.74, 6) is 0.724. The summed E-state index contributed by atoms with van der Waals surface area (Å²) < 4.78 is 1.74. The SMILES string of the molecule is CCn1cc(N)c(C(=O)N2CCCC3CCCCC32)n1. The first kappa shape index (κ1) is 13.5. The van der Waals surface area contributed by atoms with Crippen LogP contribution in [0.25, 0.3) is 0 Å². The standard InChI is InChI=1S/C15H24N4O/c1-2-18-10-12(16)14(17-18)15(20)19-9-5-7-11-6-3-4-8-13(11)19/h10-11,13H,2-9,16H2,1H3. The molecular formula is C15H24N4O. The average molecular weight is 276 g/mol. The van der Waals surface area contributed by atoms with E-state index in [4.69, 9.17) is 5.73 Å². The van der Waals surface area contributed by atoms with Crippen LogP contribution in [0, 0.1) is 5.92 Å². The highest BCUT2D eigenvalue weighted by Crippen LogP contribution is 2.36. The summed E-state index contributed by atoms with van der Waals surface area (Å²) in [4.78, 5) is 14.8. The van der Waals surface area contributed by atoms with E-state index >= 15 is 0 Å².